The van der Waals surface area contributed by atoms with Gasteiger partial charge in [0.25, 0.3) is 5.78 Å². The van der Waals surface area contributed by atoms with Crippen LogP contribution in [0, 0.1) is 0 Å². The predicted octanol–water partition coefficient (Wildman–Crippen LogP) is 3.86. The van der Waals surface area contributed by atoms with Crippen molar-refractivity contribution in [2.45, 2.75) is 6.54 Å². The van der Waals surface area contributed by atoms with E-state index < -0.39 is 17.7 Å². The van der Waals surface area contributed by atoms with E-state index in [0.717, 1.165) is 5.56 Å². The molecular formula is C22H15ClN2O4. The Balaban J connectivity index is 2.19. The van der Waals surface area contributed by atoms with Crippen LogP contribution in [0.1, 0.15) is 26.3 Å². The lowest BCUT2D eigenvalue weighted by Gasteiger charge is -2.09. The molecule has 0 saturated heterocycles. The summed E-state index contributed by atoms with van der Waals surface area (Å²) in [5.74, 6) is -3.35. The monoisotopic (exact) mass is 406 g/mol. The fourth-order valence-electron chi connectivity index (χ4n) is 3.67. The van der Waals surface area contributed by atoms with Crippen molar-refractivity contribution in [1.82, 2.24) is 4.57 Å². The Kier molecular flexibility index (Phi) is 4.56. The summed E-state index contributed by atoms with van der Waals surface area (Å²) in [6.45, 7) is 0.410. The number of hydrogen-bond acceptors (Lipinski definition) is 3. The number of carbonyl (C=O) groups excluding carboxylic acids is 2. The lowest BCUT2D eigenvalue weighted by Crippen LogP contribution is -2.14. The van der Waals surface area contributed by atoms with Gasteiger partial charge in [0, 0.05) is 28.4 Å². The summed E-state index contributed by atoms with van der Waals surface area (Å²) in [4.78, 5) is 35.9. The summed E-state index contributed by atoms with van der Waals surface area (Å²) in [6.07, 6.45) is 0. The van der Waals surface area contributed by atoms with Crippen molar-refractivity contribution in [1.29, 1.82) is 0 Å². The Labute approximate surface area is 170 Å². The highest BCUT2D eigenvalue weighted by Gasteiger charge is 2.25. The molecule has 1 amide bonds. The minimum absolute atomic E-state index is 0.0394. The standard InChI is InChI=1S/C22H15ClN2O4/c23-15-10-9-13(20(26)22(28)29)18-17-14(21(24)27)7-4-8-16(17)25(19(15)18)11-12-5-2-1-3-6-12/h1-10H,11H2,(H2,24,27)(H,28,29). The molecule has 0 aliphatic heterocycles. The number of primary amides is 1. The molecule has 0 spiro atoms. The molecule has 0 aliphatic rings. The van der Waals surface area contributed by atoms with Gasteiger partial charge in [0.2, 0.25) is 5.91 Å². The molecule has 29 heavy (non-hydrogen) atoms. The third-order valence-corrected chi connectivity index (χ3v) is 5.17. The summed E-state index contributed by atoms with van der Waals surface area (Å²) in [5.41, 5.74) is 7.81. The first kappa shape index (κ1) is 18.7. The van der Waals surface area contributed by atoms with Gasteiger partial charge in [0.1, 0.15) is 0 Å². The molecule has 0 bridgehead atoms. The minimum Gasteiger partial charge on any atom is -0.475 e. The smallest absolute Gasteiger partial charge is 0.377 e. The van der Waals surface area contributed by atoms with E-state index in [-0.39, 0.29) is 11.1 Å². The van der Waals surface area contributed by atoms with E-state index in [4.69, 9.17) is 17.3 Å². The quantitative estimate of drug-likeness (QED) is 0.388. The third-order valence-electron chi connectivity index (χ3n) is 4.87. The van der Waals surface area contributed by atoms with Gasteiger partial charge in [0.15, 0.2) is 0 Å². The number of rotatable bonds is 5. The second-order valence-electron chi connectivity index (χ2n) is 6.59. The molecule has 0 atom stereocenters. The number of nitrogens with two attached hydrogens (primary N) is 1. The first-order valence-corrected chi connectivity index (χ1v) is 9.12. The number of benzene rings is 3. The SMILES string of the molecule is NC(=O)c1cccc2c1c1c(C(=O)C(=O)O)ccc(Cl)c1n2Cc1ccccc1. The molecule has 4 rings (SSSR count). The van der Waals surface area contributed by atoms with Gasteiger partial charge >= 0.3 is 5.97 Å². The summed E-state index contributed by atoms with van der Waals surface area (Å²) < 4.78 is 1.87. The van der Waals surface area contributed by atoms with Crippen LogP contribution in [0.4, 0.5) is 0 Å². The molecule has 144 valence electrons. The van der Waals surface area contributed by atoms with E-state index in [1.807, 2.05) is 34.9 Å². The summed E-state index contributed by atoms with van der Waals surface area (Å²) >= 11 is 6.49. The molecule has 0 fully saturated rings. The molecular weight excluding hydrogens is 392 g/mol. The highest BCUT2D eigenvalue weighted by Crippen LogP contribution is 2.38. The maximum atomic E-state index is 12.4. The van der Waals surface area contributed by atoms with Crippen molar-refractivity contribution in [3.63, 3.8) is 0 Å². The molecule has 6 nitrogen and oxygen atoms in total. The van der Waals surface area contributed by atoms with E-state index >= 15 is 0 Å². The largest absolute Gasteiger partial charge is 0.475 e. The van der Waals surface area contributed by atoms with Crippen molar-refractivity contribution in [3.05, 3.63) is 82.4 Å². The Morgan fingerprint density at radius 1 is 0.897 bits per heavy atom. The number of carbonyl (C=O) groups is 3. The maximum Gasteiger partial charge on any atom is 0.377 e. The number of ketones is 1. The number of carboxylic acids is 1. The second kappa shape index (κ2) is 7.07. The fraction of sp³-hybridized carbons (Fsp3) is 0.0455. The maximum absolute atomic E-state index is 12.4. The average Bonchev–Trinajstić information content (AvgIpc) is 3.04. The van der Waals surface area contributed by atoms with E-state index in [0.29, 0.717) is 33.4 Å². The molecule has 7 heteroatoms. The van der Waals surface area contributed by atoms with Crippen LogP contribution >= 0.6 is 11.6 Å². The molecule has 0 radical (unpaired) electrons. The molecule has 4 aromatic rings. The zero-order chi connectivity index (χ0) is 20.7. The molecule has 0 unspecified atom stereocenters. The number of hydrogen-bond donors (Lipinski definition) is 2. The van der Waals surface area contributed by atoms with Gasteiger partial charge in [-0.1, -0.05) is 48.0 Å². The van der Waals surface area contributed by atoms with Gasteiger partial charge in [-0.05, 0) is 29.8 Å². The van der Waals surface area contributed by atoms with Crippen molar-refractivity contribution in [3.8, 4) is 0 Å². The van der Waals surface area contributed by atoms with E-state index in [1.54, 1.807) is 18.2 Å². The number of halogens is 1. The number of nitrogens with zero attached hydrogens (tertiary/aromatic N) is 1. The molecule has 3 N–H and O–H groups in total. The molecule has 3 aromatic carbocycles. The number of carboxylic acid groups (broad SMARTS) is 1. The van der Waals surface area contributed by atoms with Gasteiger partial charge in [0.05, 0.1) is 16.1 Å². The minimum atomic E-state index is -1.59. The highest BCUT2D eigenvalue weighted by molar-refractivity contribution is 6.45. The highest BCUT2D eigenvalue weighted by atomic mass is 35.5. The number of amides is 1. The zero-order valence-electron chi connectivity index (χ0n) is 15.1. The number of Topliss-reactive ketones (excluding diaryl/α,β-unsaturated/α-hetero) is 1. The van der Waals surface area contributed by atoms with Crippen molar-refractivity contribution < 1.29 is 19.5 Å². The van der Waals surface area contributed by atoms with E-state index in [9.17, 15) is 19.5 Å². The van der Waals surface area contributed by atoms with Crippen molar-refractivity contribution in [2.75, 3.05) is 0 Å². The lowest BCUT2D eigenvalue weighted by atomic mass is 9.99. The van der Waals surface area contributed by atoms with Crippen LogP contribution in [-0.2, 0) is 11.3 Å². The van der Waals surface area contributed by atoms with Crippen LogP contribution < -0.4 is 5.73 Å². The number of fused-ring (bicyclic) bond motifs is 3. The van der Waals surface area contributed by atoms with Crippen LogP contribution in [-0.4, -0.2) is 27.3 Å². The third kappa shape index (κ3) is 3.03. The van der Waals surface area contributed by atoms with E-state index in [2.05, 4.69) is 0 Å². The molecule has 0 saturated carbocycles. The lowest BCUT2D eigenvalue weighted by molar-refractivity contribution is -0.131. The normalized spacial score (nSPS) is 11.1. The van der Waals surface area contributed by atoms with Crippen LogP contribution in [0.5, 0.6) is 0 Å². The zero-order valence-corrected chi connectivity index (χ0v) is 15.8. The van der Waals surface area contributed by atoms with Gasteiger partial charge in [-0.3, -0.25) is 9.59 Å². The fourth-order valence-corrected chi connectivity index (χ4v) is 3.93. The number of aliphatic carboxylic acids is 1. The van der Waals surface area contributed by atoms with Crippen LogP contribution in [0.25, 0.3) is 21.8 Å². The van der Waals surface area contributed by atoms with Crippen LogP contribution in [0.15, 0.2) is 60.7 Å². The topological polar surface area (TPSA) is 102 Å². The Morgan fingerprint density at radius 3 is 2.28 bits per heavy atom. The van der Waals surface area contributed by atoms with Gasteiger partial charge < -0.3 is 15.4 Å². The first-order chi connectivity index (χ1) is 13.9. The van der Waals surface area contributed by atoms with Gasteiger partial charge in [-0.15, -0.1) is 0 Å². The Morgan fingerprint density at radius 2 is 1.62 bits per heavy atom. The summed E-state index contributed by atoms with van der Waals surface area (Å²) in [5, 5.41) is 10.3. The number of aromatic nitrogens is 1. The van der Waals surface area contributed by atoms with Gasteiger partial charge in [-0.25, -0.2) is 4.79 Å². The summed E-state index contributed by atoms with van der Waals surface area (Å²) in [7, 11) is 0. The van der Waals surface area contributed by atoms with Gasteiger partial charge in [-0.2, -0.15) is 0 Å². The van der Waals surface area contributed by atoms with E-state index in [1.165, 1.54) is 12.1 Å². The molecule has 1 aromatic heterocycles. The molecule has 1 heterocycles. The van der Waals surface area contributed by atoms with Crippen molar-refractivity contribution >= 4 is 51.1 Å². The average molecular weight is 407 g/mol. The van der Waals surface area contributed by atoms with Crippen LogP contribution in [0.2, 0.25) is 5.02 Å². The second-order valence-corrected chi connectivity index (χ2v) is 7.00. The molecule has 0 aliphatic carbocycles. The Hall–Kier alpha value is -3.64. The van der Waals surface area contributed by atoms with Crippen molar-refractivity contribution in [2.24, 2.45) is 5.73 Å². The first-order valence-electron chi connectivity index (χ1n) is 8.75. The summed E-state index contributed by atoms with van der Waals surface area (Å²) in [6, 6.07) is 17.5. The van der Waals surface area contributed by atoms with Crippen LogP contribution in [0.3, 0.4) is 0 Å². The Bertz CT molecular complexity index is 1310. The predicted molar refractivity (Wildman–Crippen MR) is 110 cm³/mol.